The van der Waals surface area contributed by atoms with Crippen molar-refractivity contribution in [2.75, 3.05) is 0 Å². The molecule has 0 radical (unpaired) electrons. The van der Waals surface area contributed by atoms with Crippen LogP contribution in [-0.2, 0) is 0 Å². The Kier molecular flexibility index (Phi) is 10.7. The molecule has 0 aliphatic heterocycles. The van der Waals surface area contributed by atoms with Crippen LogP contribution in [0.4, 0.5) is 0 Å². The van der Waals surface area contributed by atoms with E-state index in [0.717, 1.165) is 11.8 Å². The van der Waals surface area contributed by atoms with Gasteiger partial charge in [0.15, 0.2) is 0 Å². The fourth-order valence-corrected chi connectivity index (χ4v) is 4.34. The van der Waals surface area contributed by atoms with Gasteiger partial charge in [-0.3, -0.25) is 0 Å². The van der Waals surface area contributed by atoms with Crippen LogP contribution in [0.5, 0.6) is 0 Å². The van der Waals surface area contributed by atoms with Gasteiger partial charge in [0.25, 0.3) is 0 Å². The number of hydrogen-bond donors (Lipinski definition) is 0. The molecule has 0 aromatic rings. The topological polar surface area (TPSA) is 0 Å². The van der Waals surface area contributed by atoms with Gasteiger partial charge in [-0.2, -0.15) is 0 Å². The molecular weight excluding hydrogens is 264 g/mol. The Bertz CT molecular complexity index is 257. The van der Waals surface area contributed by atoms with Crippen molar-refractivity contribution in [3.8, 4) is 0 Å². The summed E-state index contributed by atoms with van der Waals surface area (Å²) in [5.74, 6) is 1.78. The predicted octanol–water partition coefficient (Wildman–Crippen LogP) is 8.25. The monoisotopic (exact) mass is 310 g/mol. The second kappa shape index (κ2) is 10.7. The zero-order valence-electron chi connectivity index (χ0n) is 17.2. The molecule has 0 aromatic heterocycles. The molecule has 0 heteroatoms. The number of hydrogen-bond acceptors (Lipinski definition) is 0. The maximum Gasteiger partial charge on any atom is -0.0326 e. The highest BCUT2D eigenvalue weighted by atomic mass is 14.4. The quantitative estimate of drug-likeness (QED) is 0.300. The summed E-state index contributed by atoms with van der Waals surface area (Å²) in [6.07, 6.45) is 14.0. The van der Waals surface area contributed by atoms with E-state index in [1.165, 1.54) is 64.2 Å². The van der Waals surface area contributed by atoms with Gasteiger partial charge in [0, 0.05) is 0 Å². The highest BCUT2D eigenvalue weighted by molar-refractivity contribution is 4.83. The van der Waals surface area contributed by atoms with Crippen LogP contribution in [0.2, 0.25) is 0 Å². The van der Waals surface area contributed by atoms with Gasteiger partial charge in [-0.1, -0.05) is 100 Å². The largest absolute Gasteiger partial charge is 0.0654 e. The Morgan fingerprint density at radius 1 is 0.818 bits per heavy atom. The molecule has 134 valence electrons. The lowest BCUT2D eigenvalue weighted by Gasteiger charge is -2.39. The molecule has 0 aliphatic carbocycles. The summed E-state index contributed by atoms with van der Waals surface area (Å²) in [6, 6.07) is 0. The highest BCUT2D eigenvalue weighted by Gasteiger charge is 2.31. The summed E-state index contributed by atoms with van der Waals surface area (Å²) in [6.45, 7) is 19.4. The Balaban J connectivity index is 4.59. The van der Waals surface area contributed by atoms with Crippen LogP contribution in [-0.4, -0.2) is 0 Å². The molecule has 0 nitrogen and oxygen atoms in total. The molecule has 0 bridgehead atoms. The summed E-state index contributed by atoms with van der Waals surface area (Å²) in [4.78, 5) is 0. The first-order valence-corrected chi connectivity index (χ1v) is 10.2. The minimum Gasteiger partial charge on any atom is -0.0654 e. The van der Waals surface area contributed by atoms with Crippen LogP contribution in [0.3, 0.4) is 0 Å². The standard InChI is InChI=1S/C22H46/c1-9-12-13-14-15-20(16-19(4)5)17-21(6,7)18-22(8,10-2)11-3/h19-20H,9-18H2,1-8H3. The third kappa shape index (κ3) is 9.90. The molecule has 22 heavy (non-hydrogen) atoms. The summed E-state index contributed by atoms with van der Waals surface area (Å²) in [5, 5.41) is 0. The lowest BCUT2D eigenvalue weighted by atomic mass is 9.67. The van der Waals surface area contributed by atoms with E-state index in [9.17, 15) is 0 Å². The van der Waals surface area contributed by atoms with Gasteiger partial charge >= 0.3 is 0 Å². The molecule has 0 amide bonds. The number of rotatable bonds is 13. The minimum absolute atomic E-state index is 0.491. The maximum absolute atomic E-state index is 2.52. The Labute approximate surface area is 142 Å². The summed E-state index contributed by atoms with van der Waals surface area (Å²) in [7, 11) is 0. The van der Waals surface area contributed by atoms with Gasteiger partial charge in [0.05, 0.1) is 0 Å². The zero-order chi connectivity index (χ0) is 17.2. The van der Waals surface area contributed by atoms with E-state index in [-0.39, 0.29) is 0 Å². The lowest BCUT2D eigenvalue weighted by molar-refractivity contribution is 0.125. The maximum atomic E-state index is 2.52. The molecule has 0 aromatic carbocycles. The number of unbranched alkanes of at least 4 members (excludes halogenated alkanes) is 3. The summed E-state index contributed by atoms with van der Waals surface area (Å²) in [5.41, 5.74) is 1.03. The van der Waals surface area contributed by atoms with Crippen LogP contribution >= 0.6 is 0 Å². The van der Waals surface area contributed by atoms with Crippen molar-refractivity contribution in [3.05, 3.63) is 0 Å². The summed E-state index contributed by atoms with van der Waals surface area (Å²) < 4.78 is 0. The highest BCUT2D eigenvalue weighted by Crippen LogP contribution is 2.43. The molecular formula is C22H46. The second-order valence-electron chi connectivity index (χ2n) is 9.41. The van der Waals surface area contributed by atoms with Crippen LogP contribution < -0.4 is 0 Å². The van der Waals surface area contributed by atoms with Crippen molar-refractivity contribution in [3.63, 3.8) is 0 Å². The fraction of sp³-hybridized carbons (Fsp3) is 1.00. The van der Waals surface area contributed by atoms with Gasteiger partial charge in [-0.25, -0.2) is 0 Å². The normalized spacial score (nSPS) is 14.6. The van der Waals surface area contributed by atoms with E-state index in [0.29, 0.717) is 10.8 Å². The van der Waals surface area contributed by atoms with Crippen LogP contribution in [0.15, 0.2) is 0 Å². The van der Waals surface area contributed by atoms with Crippen LogP contribution in [0.1, 0.15) is 120 Å². The van der Waals surface area contributed by atoms with Gasteiger partial charge in [-0.15, -0.1) is 0 Å². The van der Waals surface area contributed by atoms with E-state index >= 15 is 0 Å². The van der Waals surface area contributed by atoms with Gasteiger partial charge < -0.3 is 0 Å². The third-order valence-corrected chi connectivity index (χ3v) is 5.72. The Morgan fingerprint density at radius 3 is 1.86 bits per heavy atom. The van der Waals surface area contributed by atoms with Crippen molar-refractivity contribution >= 4 is 0 Å². The molecule has 1 unspecified atom stereocenters. The van der Waals surface area contributed by atoms with E-state index in [1.54, 1.807) is 0 Å². The smallest absolute Gasteiger partial charge is 0.0326 e. The first kappa shape index (κ1) is 22.0. The van der Waals surface area contributed by atoms with Gasteiger partial charge in [0.2, 0.25) is 0 Å². The zero-order valence-corrected chi connectivity index (χ0v) is 17.2. The minimum atomic E-state index is 0.491. The fourth-order valence-electron chi connectivity index (χ4n) is 4.34. The molecule has 0 aliphatic rings. The second-order valence-corrected chi connectivity index (χ2v) is 9.41. The Morgan fingerprint density at radius 2 is 1.41 bits per heavy atom. The average molecular weight is 311 g/mol. The molecule has 1 atom stereocenters. The molecule has 0 spiro atoms. The lowest BCUT2D eigenvalue weighted by Crippen LogP contribution is -2.27. The van der Waals surface area contributed by atoms with Crippen molar-refractivity contribution in [2.24, 2.45) is 22.7 Å². The van der Waals surface area contributed by atoms with Crippen molar-refractivity contribution in [1.29, 1.82) is 0 Å². The van der Waals surface area contributed by atoms with Crippen molar-refractivity contribution in [2.45, 2.75) is 120 Å². The van der Waals surface area contributed by atoms with E-state index in [4.69, 9.17) is 0 Å². The first-order valence-electron chi connectivity index (χ1n) is 10.2. The SMILES string of the molecule is CCCCCCC(CC(C)C)CC(C)(C)CC(C)(CC)CC. The molecule has 0 rings (SSSR count). The summed E-state index contributed by atoms with van der Waals surface area (Å²) >= 11 is 0. The molecule has 0 saturated heterocycles. The van der Waals surface area contributed by atoms with Crippen LogP contribution in [0, 0.1) is 22.7 Å². The van der Waals surface area contributed by atoms with Crippen molar-refractivity contribution in [1.82, 2.24) is 0 Å². The third-order valence-electron chi connectivity index (χ3n) is 5.72. The Hall–Kier alpha value is 0. The molecule has 0 N–H and O–H groups in total. The van der Waals surface area contributed by atoms with E-state index in [2.05, 4.69) is 55.4 Å². The van der Waals surface area contributed by atoms with Gasteiger partial charge in [-0.05, 0) is 41.9 Å². The first-order chi connectivity index (χ1) is 10.2. The average Bonchev–Trinajstić information content (AvgIpc) is 2.41. The van der Waals surface area contributed by atoms with Crippen LogP contribution in [0.25, 0.3) is 0 Å². The molecule has 0 fully saturated rings. The van der Waals surface area contributed by atoms with Crippen molar-refractivity contribution < 1.29 is 0 Å². The predicted molar refractivity (Wildman–Crippen MR) is 103 cm³/mol. The van der Waals surface area contributed by atoms with E-state index < -0.39 is 0 Å². The van der Waals surface area contributed by atoms with E-state index in [1.807, 2.05) is 0 Å². The molecule has 0 saturated carbocycles. The molecule has 0 heterocycles. The van der Waals surface area contributed by atoms with Gasteiger partial charge in [0.1, 0.15) is 0 Å².